The van der Waals surface area contributed by atoms with Gasteiger partial charge in [-0.25, -0.2) is 0 Å². The van der Waals surface area contributed by atoms with Crippen LogP contribution in [0.15, 0.2) is 53.0 Å². The van der Waals surface area contributed by atoms with Crippen molar-refractivity contribution in [3.05, 3.63) is 63.3 Å². The van der Waals surface area contributed by atoms with Crippen LogP contribution < -0.4 is 0 Å². The first-order valence-corrected chi connectivity index (χ1v) is 7.36. The van der Waals surface area contributed by atoms with Crippen molar-refractivity contribution in [3.63, 3.8) is 0 Å². The zero-order chi connectivity index (χ0) is 13.2. The van der Waals surface area contributed by atoms with Gasteiger partial charge in [-0.3, -0.25) is 0 Å². The maximum atomic E-state index is 5.40. The molecule has 96 valence electrons. The summed E-state index contributed by atoms with van der Waals surface area (Å²) in [6.45, 7) is 0.888. The fourth-order valence-corrected chi connectivity index (χ4v) is 2.88. The molecule has 0 aliphatic carbocycles. The van der Waals surface area contributed by atoms with Crippen molar-refractivity contribution in [1.82, 2.24) is 9.55 Å². The quantitative estimate of drug-likeness (QED) is 0.689. The average molecular weight is 333 g/mol. The summed E-state index contributed by atoms with van der Waals surface area (Å²) in [5.41, 5.74) is 3.56. The molecule has 19 heavy (non-hydrogen) atoms. The van der Waals surface area contributed by atoms with Crippen LogP contribution in [0.3, 0.4) is 0 Å². The Hall–Kier alpha value is -1.39. The molecule has 0 aliphatic rings. The molecular formula is C15H13BrN2S. The number of fused-ring (bicyclic) bond motifs is 1. The van der Waals surface area contributed by atoms with Gasteiger partial charge in [0.2, 0.25) is 0 Å². The van der Waals surface area contributed by atoms with Crippen LogP contribution in [0.25, 0.3) is 11.0 Å². The number of aryl methyl sites for hydroxylation is 2. The summed E-state index contributed by atoms with van der Waals surface area (Å²) in [5, 5.41) is 0. The van der Waals surface area contributed by atoms with Gasteiger partial charge in [0, 0.05) is 11.0 Å². The molecule has 0 fully saturated rings. The molecule has 1 N–H and O–H groups in total. The molecule has 0 aliphatic heterocycles. The van der Waals surface area contributed by atoms with Gasteiger partial charge >= 0.3 is 0 Å². The summed E-state index contributed by atoms with van der Waals surface area (Å²) in [6.07, 6.45) is 0.981. The van der Waals surface area contributed by atoms with Gasteiger partial charge in [-0.15, -0.1) is 0 Å². The summed E-state index contributed by atoms with van der Waals surface area (Å²) >= 11 is 8.91. The normalized spacial score (nSPS) is 11.0. The Bertz CT molecular complexity index is 759. The van der Waals surface area contributed by atoms with Crippen LogP contribution in [0.5, 0.6) is 0 Å². The molecule has 0 amide bonds. The maximum Gasteiger partial charge on any atom is 0.178 e. The predicted molar refractivity (Wildman–Crippen MR) is 85.0 cm³/mol. The van der Waals surface area contributed by atoms with E-state index >= 15 is 0 Å². The van der Waals surface area contributed by atoms with Gasteiger partial charge in [-0.05, 0) is 42.4 Å². The number of halogens is 1. The highest BCUT2D eigenvalue weighted by Gasteiger charge is 2.05. The summed E-state index contributed by atoms with van der Waals surface area (Å²) in [7, 11) is 0. The standard InChI is InChI=1S/C15H13BrN2S/c16-12-6-7-13-14(10-12)18(15(19)17-13)9-8-11-4-2-1-3-5-11/h1-7,10H,8-9H2,(H,17,19). The van der Waals surface area contributed by atoms with Gasteiger partial charge in [0.1, 0.15) is 0 Å². The van der Waals surface area contributed by atoms with Crippen LogP contribution in [-0.4, -0.2) is 9.55 Å². The van der Waals surface area contributed by atoms with E-state index in [4.69, 9.17) is 12.2 Å². The Kier molecular flexibility index (Phi) is 3.53. The number of imidazole rings is 1. The van der Waals surface area contributed by atoms with Gasteiger partial charge in [0.25, 0.3) is 0 Å². The van der Waals surface area contributed by atoms with Gasteiger partial charge in [-0.2, -0.15) is 0 Å². The van der Waals surface area contributed by atoms with Gasteiger partial charge in [0.15, 0.2) is 4.77 Å². The molecule has 0 saturated heterocycles. The van der Waals surface area contributed by atoms with E-state index in [1.165, 1.54) is 5.56 Å². The van der Waals surface area contributed by atoms with Crippen molar-refractivity contribution in [3.8, 4) is 0 Å². The fraction of sp³-hybridized carbons (Fsp3) is 0.133. The molecule has 2 nitrogen and oxygen atoms in total. The number of nitrogens with zero attached hydrogens (tertiary/aromatic N) is 1. The lowest BCUT2D eigenvalue weighted by Gasteiger charge is -2.05. The minimum Gasteiger partial charge on any atom is -0.331 e. The molecule has 2 aromatic carbocycles. The smallest absolute Gasteiger partial charge is 0.178 e. The second-order valence-electron chi connectivity index (χ2n) is 4.48. The maximum absolute atomic E-state index is 5.40. The molecule has 0 saturated carbocycles. The van der Waals surface area contributed by atoms with E-state index in [0.717, 1.165) is 33.2 Å². The zero-order valence-corrected chi connectivity index (χ0v) is 12.7. The van der Waals surface area contributed by atoms with Crippen LogP contribution in [0.1, 0.15) is 5.56 Å². The van der Waals surface area contributed by atoms with E-state index in [-0.39, 0.29) is 0 Å². The first-order chi connectivity index (χ1) is 9.24. The first kappa shape index (κ1) is 12.6. The molecule has 0 radical (unpaired) electrons. The Balaban J connectivity index is 1.94. The monoisotopic (exact) mass is 332 g/mol. The number of hydrogen-bond donors (Lipinski definition) is 1. The highest BCUT2D eigenvalue weighted by atomic mass is 79.9. The number of nitrogens with one attached hydrogen (secondary N) is 1. The molecule has 0 atom stereocenters. The molecule has 1 aromatic heterocycles. The largest absolute Gasteiger partial charge is 0.331 e. The van der Waals surface area contributed by atoms with Gasteiger partial charge < -0.3 is 9.55 Å². The predicted octanol–water partition coefficient (Wildman–Crippen LogP) is 4.70. The third-order valence-electron chi connectivity index (χ3n) is 3.20. The van der Waals surface area contributed by atoms with Crippen LogP contribution >= 0.6 is 28.1 Å². The molecule has 3 rings (SSSR count). The van der Waals surface area contributed by atoms with Crippen molar-refractivity contribution in [2.24, 2.45) is 0 Å². The van der Waals surface area contributed by atoms with E-state index in [0.29, 0.717) is 0 Å². The van der Waals surface area contributed by atoms with E-state index in [1.807, 2.05) is 18.2 Å². The van der Waals surface area contributed by atoms with Gasteiger partial charge in [0.05, 0.1) is 11.0 Å². The Labute approximate surface area is 125 Å². The number of aromatic nitrogens is 2. The van der Waals surface area contributed by atoms with Gasteiger partial charge in [-0.1, -0.05) is 46.3 Å². The molecule has 3 aromatic rings. The molecular weight excluding hydrogens is 320 g/mol. The summed E-state index contributed by atoms with van der Waals surface area (Å²) < 4.78 is 4.01. The molecule has 0 bridgehead atoms. The number of benzene rings is 2. The lowest BCUT2D eigenvalue weighted by atomic mass is 10.1. The highest BCUT2D eigenvalue weighted by Crippen LogP contribution is 2.20. The topological polar surface area (TPSA) is 20.7 Å². The van der Waals surface area contributed by atoms with Crippen LogP contribution in [0, 0.1) is 4.77 Å². The van der Waals surface area contributed by atoms with E-state index < -0.39 is 0 Å². The fourth-order valence-electron chi connectivity index (χ4n) is 2.23. The molecule has 4 heteroatoms. The minimum absolute atomic E-state index is 0.782. The minimum atomic E-state index is 0.782. The second kappa shape index (κ2) is 5.31. The summed E-state index contributed by atoms with van der Waals surface area (Å²) in [6, 6.07) is 16.7. The number of rotatable bonds is 3. The average Bonchev–Trinajstić information content (AvgIpc) is 2.73. The molecule has 0 spiro atoms. The van der Waals surface area contributed by atoms with Crippen molar-refractivity contribution in [2.75, 3.05) is 0 Å². The molecule has 1 heterocycles. The second-order valence-corrected chi connectivity index (χ2v) is 5.78. The lowest BCUT2D eigenvalue weighted by molar-refractivity contribution is 0.706. The number of hydrogen-bond acceptors (Lipinski definition) is 1. The van der Waals surface area contributed by atoms with Crippen LogP contribution in [-0.2, 0) is 13.0 Å². The van der Waals surface area contributed by atoms with Crippen molar-refractivity contribution < 1.29 is 0 Å². The third kappa shape index (κ3) is 2.65. The summed E-state index contributed by atoms with van der Waals surface area (Å²) in [5.74, 6) is 0. The first-order valence-electron chi connectivity index (χ1n) is 6.16. The SMILES string of the molecule is S=c1[nH]c2ccc(Br)cc2n1CCc1ccccc1. The van der Waals surface area contributed by atoms with Crippen molar-refractivity contribution in [2.45, 2.75) is 13.0 Å². The van der Waals surface area contributed by atoms with E-state index in [2.05, 4.69) is 55.8 Å². The van der Waals surface area contributed by atoms with Crippen molar-refractivity contribution >= 4 is 39.2 Å². The van der Waals surface area contributed by atoms with E-state index in [1.54, 1.807) is 0 Å². The van der Waals surface area contributed by atoms with Crippen molar-refractivity contribution in [1.29, 1.82) is 0 Å². The number of H-pyrrole nitrogens is 1. The van der Waals surface area contributed by atoms with E-state index in [9.17, 15) is 0 Å². The zero-order valence-electron chi connectivity index (χ0n) is 10.3. The molecule has 0 unspecified atom stereocenters. The van der Waals surface area contributed by atoms with Crippen LogP contribution in [0.2, 0.25) is 0 Å². The number of aromatic amines is 1. The summed E-state index contributed by atoms with van der Waals surface area (Å²) in [4.78, 5) is 3.25. The Morgan fingerprint density at radius 2 is 1.89 bits per heavy atom. The highest BCUT2D eigenvalue weighted by molar-refractivity contribution is 9.10. The third-order valence-corrected chi connectivity index (χ3v) is 4.02. The lowest BCUT2D eigenvalue weighted by Crippen LogP contribution is -2.01. The van der Waals surface area contributed by atoms with Crippen LogP contribution in [0.4, 0.5) is 0 Å². The Morgan fingerprint density at radius 3 is 2.68 bits per heavy atom. The Morgan fingerprint density at radius 1 is 1.11 bits per heavy atom.